The highest BCUT2D eigenvalue weighted by molar-refractivity contribution is 5.95. The third kappa shape index (κ3) is 4.04. The van der Waals surface area contributed by atoms with Gasteiger partial charge in [0.05, 0.1) is 6.61 Å². The van der Waals surface area contributed by atoms with E-state index in [-0.39, 0.29) is 18.6 Å². The zero-order valence-electron chi connectivity index (χ0n) is 11.3. The molecule has 1 rings (SSSR count). The van der Waals surface area contributed by atoms with Crippen molar-refractivity contribution >= 4 is 11.6 Å². The number of benzene rings is 1. The van der Waals surface area contributed by atoms with E-state index in [1.165, 1.54) is 0 Å². The van der Waals surface area contributed by atoms with Gasteiger partial charge in [0.15, 0.2) is 0 Å². The van der Waals surface area contributed by atoms with Crippen LogP contribution >= 0.6 is 0 Å². The Kier molecular flexibility index (Phi) is 5.65. The number of nitrogens with one attached hydrogen (secondary N) is 2. The van der Waals surface area contributed by atoms with E-state index in [1.54, 1.807) is 6.07 Å². The largest absolute Gasteiger partial charge is 0.395 e. The number of amides is 1. The Balaban J connectivity index is 2.74. The lowest BCUT2D eigenvalue weighted by Crippen LogP contribution is -2.31. The van der Waals surface area contributed by atoms with Crippen LogP contribution in [-0.2, 0) is 0 Å². The van der Waals surface area contributed by atoms with Crippen LogP contribution in [0.2, 0.25) is 0 Å². The van der Waals surface area contributed by atoms with Gasteiger partial charge in [-0.1, -0.05) is 6.92 Å². The van der Waals surface area contributed by atoms with Crippen LogP contribution in [0, 0.1) is 6.92 Å². The molecule has 1 aromatic carbocycles. The molecule has 18 heavy (non-hydrogen) atoms. The normalized spacial score (nSPS) is 12.0. The van der Waals surface area contributed by atoms with E-state index in [4.69, 9.17) is 5.11 Å². The molecule has 100 valence electrons. The molecule has 0 aliphatic heterocycles. The van der Waals surface area contributed by atoms with Gasteiger partial charge in [-0.05, 0) is 44.0 Å². The maximum atomic E-state index is 11.9. The average Bonchev–Trinajstić information content (AvgIpc) is 2.37. The van der Waals surface area contributed by atoms with Crippen LogP contribution in [-0.4, -0.2) is 30.2 Å². The standard InChI is InChI=1S/C14H22N2O2/c1-4-11(3)16-14(18)12-5-6-13(10(2)9-12)15-7-8-17/h5-6,9,11,15,17H,4,7-8H2,1-3H3,(H,16,18). The van der Waals surface area contributed by atoms with Crippen LogP contribution in [0.15, 0.2) is 18.2 Å². The van der Waals surface area contributed by atoms with Crippen LogP contribution in [0.5, 0.6) is 0 Å². The molecule has 0 fully saturated rings. The monoisotopic (exact) mass is 250 g/mol. The lowest BCUT2D eigenvalue weighted by atomic mass is 10.1. The lowest BCUT2D eigenvalue weighted by molar-refractivity contribution is 0.0939. The van der Waals surface area contributed by atoms with E-state index in [9.17, 15) is 4.79 Å². The fourth-order valence-corrected chi connectivity index (χ4v) is 1.60. The zero-order chi connectivity index (χ0) is 13.5. The molecule has 0 saturated heterocycles. The summed E-state index contributed by atoms with van der Waals surface area (Å²) in [4.78, 5) is 11.9. The minimum atomic E-state index is -0.0406. The van der Waals surface area contributed by atoms with Gasteiger partial charge in [0.2, 0.25) is 0 Å². The van der Waals surface area contributed by atoms with Crippen LogP contribution in [0.1, 0.15) is 36.2 Å². The molecular formula is C14H22N2O2. The maximum Gasteiger partial charge on any atom is 0.251 e. The summed E-state index contributed by atoms with van der Waals surface area (Å²) in [5.41, 5.74) is 2.62. The Morgan fingerprint density at radius 2 is 2.17 bits per heavy atom. The number of rotatable bonds is 6. The summed E-state index contributed by atoms with van der Waals surface area (Å²) in [6, 6.07) is 5.71. The maximum absolute atomic E-state index is 11.9. The molecule has 0 bridgehead atoms. The summed E-state index contributed by atoms with van der Waals surface area (Å²) < 4.78 is 0. The summed E-state index contributed by atoms with van der Waals surface area (Å²) in [5.74, 6) is -0.0406. The molecule has 1 atom stereocenters. The third-order valence-electron chi connectivity index (χ3n) is 2.91. The second-order valence-electron chi connectivity index (χ2n) is 4.46. The molecule has 0 saturated carbocycles. The Hall–Kier alpha value is -1.55. The number of aryl methyl sites for hydroxylation is 1. The van der Waals surface area contributed by atoms with Crippen molar-refractivity contribution in [3.63, 3.8) is 0 Å². The number of aliphatic hydroxyl groups excluding tert-OH is 1. The minimum Gasteiger partial charge on any atom is -0.395 e. The number of carbonyl (C=O) groups is 1. The van der Waals surface area contributed by atoms with Crippen molar-refractivity contribution in [1.29, 1.82) is 0 Å². The van der Waals surface area contributed by atoms with Gasteiger partial charge in [0, 0.05) is 23.8 Å². The Morgan fingerprint density at radius 1 is 1.44 bits per heavy atom. The molecule has 1 unspecified atom stereocenters. The highest BCUT2D eigenvalue weighted by Crippen LogP contribution is 2.16. The third-order valence-corrected chi connectivity index (χ3v) is 2.91. The molecule has 4 nitrogen and oxygen atoms in total. The Bertz CT molecular complexity index is 405. The molecular weight excluding hydrogens is 228 g/mol. The Morgan fingerprint density at radius 3 is 2.72 bits per heavy atom. The average molecular weight is 250 g/mol. The number of aliphatic hydroxyl groups is 1. The molecule has 0 heterocycles. The van der Waals surface area contributed by atoms with E-state index in [2.05, 4.69) is 10.6 Å². The van der Waals surface area contributed by atoms with Crippen molar-refractivity contribution in [2.45, 2.75) is 33.2 Å². The first-order valence-corrected chi connectivity index (χ1v) is 6.34. The summed E-state index contributed by atoms with van der Waals surface area (Å²) >= 11 is 0. The van der Waals surface area contributed by atoms with E-state index >= 15 is 0 Å². The van der Waals surface area contributed by atoms with Crippen molar-refractivity contribution < 1.29 is 9.90 Å². The second kappa shape index (κ2) is 7.01. The van der Waals surface area contributed by atoms with Crippen molar-refractivity contribution in [1.82, 2.24) is 5.32 Å². The van der Waals surface area contributed by atoms with E-state index < -0.39 is 0 Å². The molecule has 3 N–H and O–H groups in total. The first kappa shape index (κ1) is 14.5. The molecule has 0 spiro atoms. The molecule has 0 aromatic heterocycles. The molecule has 1 aromatic rings. The summed E-state index contributed by atoms with van der Waals surface area (Å²) in [6.45, 7) is 6.58. The second-order valence-corrected chi connectivity index (χ2v) is 4.46. The van der Waals surface area contributed by atoms with Gasteiger partial charge in [-0.2, -0.15) is 0 Å². The minimum absolute atomic E-state index is 0.0406. The van der Waals surface area contributed by atoms with Gasteiger partial charge < -0.3 is 15.7 Å². The molecule has 0 aliphatic carbocycles. The molecule has 0 radical (unpaired) electrons. The topological polar surface area (TPSA) is 61.4 Å². The van der Waals surface area contributed by atoms with E-state index in [0.29, 0.717) is 12.1 Å². The van der Waals surface area contributed by atoms with Crippen LogP contribution in [0.4, 0.5) is 5.69 Å². The van der Waals surface area contributed by atoms with Crippen molar-refractivity contribution in [2.75, 3.05) is 18.5 Å². The van der Waals surface area contributed by atoms with Gasteiger partial charge in [-0.3, -0.25) is 4.79 Å². The quantitative estimate of drug-likeness (QED) is 0.723. The van der Waals surface area contributed by atoms with Gasteiger partial charge in [0.25, 0.3) is 5.91 Å². The number of hydrogen-bond acceptors (Lipinski definition) is 3. The van der Waals surface area contributed by atoms with Gasteiger partial charge in [-0.25, -0.2) is 0 Å². The van der Waals surface area contributed by atoms with Crippen LogP contribution in [0.3, 0.4) is 0 Å². The summed E-state index contributed by atoms with van der Waals surface area (Å²) in [7, 11) is 0. The fourth-order valence-electron chi connectivity index (χ4n) is 1.60. The van der Waals surface area contributed by atoms with Crippen LogP contribution in [0.25, 0.3) is 0 Å². The van der Waals surface area contributed by atoms with E-state index in [0.717, 1.165) is 17.7 Å². The first-order chi connectivity index (χ1) is 8.58. The lowest BCUT2D eigenvalue weighted by Gasteiger charge is -2.13. The summed E-state index contributed by atoms with van der Waals surface area (Å²) in [6.07, 6.45) is 0.918. The van der Waals surface area contributed by atoms with E-state index in [1.807, 2.05) is 32.9 Å². The van der Waals surface area contributed by atoms with Crippen molar-refractivity contribution in [3.8, 4) is 0 Å². The summed E-state index contributed by atoms with van der Waals surface area (Å²) in [5, 5.41) is 14.8. The molecule has 0 aliphatic rings. The number of carbonyl (C=O) groups excluding carboxylic acids is 1. The Labute approximate surface area is 108 Å². The smallest absolute Gasteiger partial charge is 0.251 e. The predicted octanol–water partition coefficient (Wildman–Crippen LogP) is 1.93. The fraction of sp³-hybridized carbons (Fsp3) is 0.500. The number of hydrogen-bond donors (Lipinski definition) is 3. The highest BCUT2D eigenvalue weighted by atomic mass is 16.3. The molecule has 1 amide bonds. The van der Waals surface area contributed by atoms with Crippen LogP contribution < -0.4 is 10.6 Å². The SMILES string of the molecule is CCC(C)NC(=O)c1ccc(NCCO)c(C)c1. The van der Waals surface area contributed by atoms with Gasteiger partial charge in [0.1, 0.15) is 0 Å². The highest BCUT2D eigenvalue weighted by Gasteiger charge is 2.09. The predicted molar refractivity (Wildman–Crippen MR) is 74.0 cm³/mol. The van der Waals surface area contributed by atoms with Crippen molar-refractivity contribution in [3.05, 3.63) is 29.3 Å². The van der Waals surface area contributed by atoms with Gasteiger partial charge >= 0.3 is 0 Å². The number of anilines is 1. The first-order valence-electron chi connectivity index (χ1n) is 6.34. The van der Waals surface area contributed by atoms with Gasteiger partial charge in [-0.15, -0.1) is 0 Å². The zero-order valence-corrected chi connectivity index (χ0v) is 11.3. The molecule has 4 heteroatoms. The van der Waals surface area contributed by atoms with Crippen molar-refractivity contribution in [2.24, 2.45) is 0 Å².